The first kappa shape index (κ1) is 8.98. The average molecular weight is 237 g/mol. The van der Waals surface area contributed by atoms with Crippen molar-refractivity contribution in [2.45, 2.75) is 5.75 Å². The van der Waals surface area contributed by atoms with Gasteiger partial charge in [0, 0.05) is 28.5 Å². The zero-order valence-corrected chi connectivity index (χ0v) is 8.73. The molecule has 0 bridgehead atoms. The molecule has 0 aliphatic rings. The second kappa shape index (κ2) is 2.97. The summed E-state index contributed by atoms with van der Waals surface area (Å²) >= 11 is 1.39. The number of hydrogen-bond donors (Lipinski definition) is 0. The lowest BCUT2D eigenvalue weighted by atomic mass is 10.6. The molecule has 0 saturated heterocycles. The molecule has 2 aromatic rings. The molecule has 0 aliphatic carbocycles. The van der Waals surface area contributed by atoms with Crippen molar-refractivity contribution in [2.75, 3.05) is 0 Å². The van der Waals surface area contributed by atoms with Crippen molar-refractivity contribution in [1.29, 1.82) is 0 Å². The lowest BCUT2D eigenvalue weighted by molar-refractivity contribution is 0.608. The predicted molar refractivity (Wildman–Crippen MR) is 51.5 cm³/mol. The van der Waals surface area contributed by atoms with Gasteiger partial charge in [0.2, 0.25) is 9.05 Å². The number of thiazole rings is 1. The second-order valence-corrected chi connectivity index (χ2v) is 6.10. The van der Waals surface area contributed by atoms with E-state index in [1.165, 1.54) is 11.3 Å². The molecule has 0 radical (unpaired) electrons. The molecule has 2 heterocycles. The Morgan fingerprint density at radius 3 is 3.08 bits per heavy atom. The molecule has 0 saturated carbocycles. The van der Waals surface area contributed by atoms with Crippen molar-refractivity contribution in [3.63, 3.8) is 0 Å². The van der Waals surface area contributed by atoms with Crippen molar-refractivity contribution >= 4 is 36.0 Å². The van der Waals surface area contributed by atoms with E-state index in [-0.39, 0.29) is 5.75 Å². The molecule has 70 valence electrons. The Bertz CT molecular complexity index is 528. The first-order chi connectivity index (χ1) is 6.06. The minimum atomic E-state index is -3.49. The van der Waals surface area contributed by atoms with Crippen LogP contribution in [0.4, 0.5) is 0 Å². The summed E-state index contributed by atoms with van der Waals surface area (Å²) in [7, 11) is 1.65. The highest BCUT2D eigenvalue weighted by atomic mass is 35.7. The highest BCUT2D eigenvalue weighted by Gasteiger charge is 2.11. The Morgan fingerprint density at radius 2 is 2.38 bits per heavy atom. The monoisotopic (exact) mass is 236 g/mol. The predicted octanol–water partition coefficient (Wildman–Crippen LogP) is 1.46. The van der Waals surface area contributed by atoms with E-state index in [2.05, 4.69) is 4.98 Å². The Hall–Kier alpha value is -0.590. The molecule has 0 unspecified atom stereocenters. The summed E-state index contributed by atoms with van der Waals surface area (Å²) in [6.07, 6.45) is 3.33. The third kappa shape index (κ3) is 1.84. The topological polar surface area (TPSA) is 51.4 Å². The molecule has 0 spiro atoms. The number of imidazole rings is 1. The Labute approximate surface area is 83.2 Å². The summed E-state index contributed by atoms with van der Waals surface area (Å²) in [5.74, 6) is -0.162. The zero-order chi connectivity index (χ0) is 9.47. The van der Waals surface area contributed by atoms with Gasteiger partial charge in [-0.3, -0.25) is 4.40 Å². The first-order valence-corrected chi connectivity index (χ1v) is 6.74. The minimum absolute atomic E-state index is 0.162. The summed E-state index contributed by atoms with van der Waals surface area (Å²) < 4.78 is 23.3. The molecule has 0 aliphatic heterocycles. The third-order valence-corrected chi connectivity index (χ3v) is 3.41. The van der Waals surface area contributed by atoms with Crippen LogP contribution in [-0.2, 0) is 14.8 Å². The van der Waals surface area contributed by atoms with Crippen molar-refractivity contribution in [3.05, 3.63) is 23.5 Å². The molecule has 2 aromatic heterocycles. The number of rotatable bonds is 2. The number of nitrogens with zero attached hydrogens (tertiary/aromatic N) is 2. The van der Waals surface area contributed by atoms with Gasteiger partial charge >= 0.3 is 0 Å². The number of fused-ring (bicyclic) bond motifs is 1. The van der Waals surface area contributed by atoms with Gasteiger partial charge in [-0.05, 0) is 0 Å². The van der Waals surface area contributed by atoms with E-state index in [1.807, 2.05) is 0 Å². The number of halogens is 1. The summed E-state index contributed by atoms with van der Waals surface area (Å²) in [4.78, 5) is 4.79. The minimum Gasteiger partial charge on any atom is -0.294 e. The molecule has 2 rings (SSSR count). The molecular formula is C6H5ClN2O2S2. The average Bonchev–Trinajstić information content (AvgIpc) is 2.50. The molecule has 0 atom stereocenters. The van der Waals surface area contributed by atoms with Crippen LogP contribution in [0.15, 0.2) is 17.8 Å². The van der Waals surface area contributed by atoms with Crippen LogP contribution in [0.1, 0.15) is 5.69 Å². The van der Waals surface area contributed by atoms with Crippen molar-refractivity contribution in [2.24, 2.45) is 0 Å². The van der Waals surface area contributed by atoms with Gasteiger partial charge in [-0.25, -0.2) is 13.4 Å². The van der Waals surface area contributed by atoms with Gasteiger partial charge in [-0.15, -0.1) is 11.3 Å². The maximum absolute atomic E-state index is 10.8. The SMILES string of the molecule is O=S(=O)(Cl)Cc1csc2nccn12. The first-order valence-electron chi connectivity index (χ1n) is 3.38. The Kier molecular flexibility index (Phi) is 2.05. The zero-order valence-electron chi connectivity index (χ0n) is 6.34. The van der Waals surface area contributed by atoms with E-state index in [0.717, 1.165) is 4.96 Å². The molecule has 4 nitrogen and oxygen atoms in total. The molecule has 0 fully saturated rings. The summed E-state index contributed by atoms with van der Waals surface area (Å²) in [5.41, 5.74) is 0.646. The standard InChI is InChI=1S/C6H5ClN2O2S2/c7-13(10,11)4-5-3-12-6-8-1-2-9(5)6/h1-3H,4H2. The van der Waals surface area contributed by atoms with E-state index in [0.29, 0.717) is 5.69 Å². The smallest absolute Gasteiger partial charge is 0.238 e. The van der Waals surface area contributed by atoms with E-state index in [9.17, 15) is 8.42 Å². The van der Waals surface area contributed by atoms with Crippen molar-refractivity contribution < 1.29 is 8.42 Å². The quantitative estimate of drug-likeness (QED) is 0.742. The van der Waals surface area contributed by atoms with Gasteiger partial charge in [0.05, 0.1) is 5.69 Å². The van der Waals surface area contributed by atoms with Gasteiger partial charge in [0.1, 0.15) is 5.75 Å². The lowest BCUT2D eigenvalue weighted by Crippen LogP contribution is -1.97. The van der Waals surface area contributed by atoms with Gasteiger partial charge in [-0.1, -0.05) is 0 Å². The lowest BCUT2D eigenvalue weighted by Gasteiger charge is -1.93. The fraction of sp³-hybridized carbons (Fsp3) is 0.167. The van der Waals surface area contributed by atoms with Crippen LogP contribution in [0.3, 0.4) is 0 Å². The van der Waals surface area contributed by atoms with Crippen molar-refractivity contribution in [1.82, 2.24) is 9.38 Å². The van der Waals surface area contributed by atoms with Crippen LogP contribution in [0.5, 0.6) is 0 Å². The molecule has 0 N–H and O–H groups in total. The van der Waals surface area contributed by atoms with E-state index >= 15 is 0 Å². The van der Waals surface area contributed by atoms with Crippen LogP contribution < -0.4 is 0 Å². The van der Waals surface area contributed by atoms with Crippen LogP contribution in [0, 0.1) is 0 Å². The summed E-state index contributed by atoms with van der Waals surface area (Å²) in [6, 6.07) is 0. The van der Waals surface area contributed by atoms with E-state index < -0.39 is 9.05 Å². The molecule has 7 heteroatoms. The van der Waals surface area contributed by atoms with Crippen LogP contribution >= 0.6 is 22.0 Å². The molecule has 0 amide bonds. The highest BCUT2D eigenvalue weighted by Crippen LogP contribution is 2.17. The highest BCUT2D eigenvalue weighted by molar-refractivity contribution is 8.13. The van der Waals surface area contributed by atoms with Gasteiger partial charge in [-0.2, -0.15) is 0 Å². The van der Waals surface area contributed by atoms with Crippen LogP contribution in [0.2, 0.25) is 0 Å². The fourth-order valence-corrected chi connectivity index (χ4v) is 2.92. The number of hydrogen-bond acceptors (Lipinski definition) is 4. The number of aromatic nitrogens is 2. The van der Waals surface area contributed by atoms with E-state index in [4.69, 9.17) is 10.7 Å². The van der Waals surface area contributed by atoms with Gasteiger partial charge < -0.3 is 0 Å². The molecule has 13 heavy (non-hydrogen) atoms. The Morgan fingerprint density at radius 1 is 1.62 bits per heavy atom. The fourth-order valence-electron chi connectivity index (χ4n) is 1.05. The maximum atomic E-state index is 10.8. The maximum Gasteiger partial charge on any atom is 0.238 e. The van der Waals surface area contributed by atoms with Gasteiger partial charge in [0.15, 0.2) is 4.96 Å². The summed E-state index contributed by atoms with van der Waals surface area (Å²) in [6.45, 7) is 0. The second-order valence-electron chi connectivity index (χ2n) is 2.49. The Balaban J connectivity index is 2.50. The van der Waals surface area contributed by atoms with Crippen LogP contribution in [0.25, 0.3) is 4.96 Å². The van der Waals surface area contributed by atoms with E-state index in [1.54, 1.807) is 22.2 Å². The third-order valence-electron chi connectivity index (χ3n) is 1.54. The van der Waals surface area contributed by atoms with Gasteiger partial charge in [0.25, 0.3) is 0 Å². The molecule has 0 aromatic carbocycles. The normalized spacial score (nSPS) is 12.4. The summed E-state index contributed by atoms with van der Waals surface area (Å²) in [5, 5.41) is 1.74. The van der Waals surface area contributed by atoms with Crippen LogP contribution in [-0.4, -0.2) is 17.8 Å². The largest absolute Gasteiger partial charge is 0.294 e. The molecular weight excluding hydrogens is 232 g/mol. The van der Waals surface area contributed by atoms with Crippen molar-refractivity contribution in [3.8, 4) is 0 Å².